The number of aromatic nitrogens is 2. The van der Waals surface area contributed by atoms with Gasteiger partial charge in [-0.05, 0) is 25.0 Å². The molecule has 0 atom stereocenters. The van der Waals surface area contributed by atoms with Crippen molar-refractivity contribution in [1.29, 1.82) is 0 Å². The third-order valence-corrected chi connectivity index (χ3v) is 2.10. The zero-order chi connectivity index (χ0) is 11.8. The molecule has 0 radical (unpaired) electrons. The molecule has 0 aromatic carbocycles. The molecule has 0 amide bonds. The number of carbonyl (C=O) groups is 1. The van der Waals surface area contributed by atoms with Crippen molar-refractivity contribution < 1.29 is 9.90 Å². The van der Waals surface area contributed by atoms with E-state index in [1.807, 2.05) is 12.1 Å². The van der Waals surface area contributed by atoms with Gasteiger partial charge < -0.3 is 10.4 Å². The zero-order valence-electron chi connectivity index (χ0n) is 9.44. The van der Waals surface area contributed by atoms with Crippen LogP contribution >= 0.6 is 0 Å². The summed E-state index contributed by atoms with van der Waals surface area (Å²) in [6, 6.07) is 3.81. The number of carboxylic acid groups (broad SMARTS) is 1. The number of carboxylic acids is 1. The average Bonchev–Trinajstić information content (AvgIpc) is 2.27. The molecule has 2 N–H and O–H groups in total. The highest BCUT2D eigenvalue weighted by Gasteiger charge is 1.98. The molecular weight excluding hydrogens is 206 g/mol. The molecule has 88 valence electrons. The molecule has 0 bridgehead atoms. The van der Waals surface area contributed by atoms with Crippen molar-refractivity contribution in [2.45, 2.75) is 32.6 Å². The van der Waals surface area contributed by atoms with Gasteiger partial charge in [0, 0.05) is 13.0 Å². The first kappa shape index (κ1) is 12.4. The lowest BCUT2D eigenvalue weighted by molar-refractivity contribution is -0.137. The van der Waals surface area contributed by atoms with Gasteiger partial charge in [-0.1, -0.05) is 13.3 Å². The van der Waals surface area contributed by atoms with E-state index in [0.717, 1.165) is 18.5 Å². The second kappa shape index (κ2) is 6.76. The number of hydrogen-bond acceptors (Lipinski definition) is 4. The number of anilines is 1. The molecule has 0 unspecified atom stereocenters. The number of aliphatic carboxylic acids is 1. The largest absolute Gasteiger partial charge is 0.481 e. The van der Waals surface area contributed by atoms with Crippen LogP contribution in [0, 0.1) is 0 Å². The molecule has 0 aliphatic rings. The Morgan fingerprint density at radius 2 is 2.25 bits per heavy atom. The first-order chi connectivity index (χ1) is 7.72. The third kappa shape index (κ3) is 4.72. The maximum absolute atomic E-state index is 10.3. The van der Waals surface area contributed by atoms with Crippen molar-refractivity contribution in [2.24, 2.45) is 0 Å². The highest BCUT2D eigenvalue weighted by molar-refractivity contribution is 5.66. The normalized spacial score (nSPS) is 10.1. The van der Waals surface area contributed by atoms with E-state index in [1.54, 1.807) is 0 Å². The summed E-state index contributed by atoms with van der Waals surface area (Å²) in [6.45, 7) is 2.70. The number of nitrogens with one attached hydrogen (secondary N) is 1. The molecule has 1 aromatic heterocycles. The van der Waals surface area contributed by atoms with E-state index in [0.29, 0.717) is 18.8 Å². The van der Waals surface area contributed by atoms with Gasteiger partial charge in [-0.3, -0.25) is 4.79 Å². The SMILES string of the molecule is CCCc1ccc(NCCCC(=O)O)nn1. The van der Waals surface area contributed by atoms with Crippen LogP contribution in [0.3, 0.4) is 0 Å². The molecule has 16 heavy (non-hydrogen) atoms. The fraction of sp³-hybridized carbons (Fsp3) is 0.545. The lowest BCUT2D eigenvalue weighted by Crippen LogP contribution is -2.07. The van der Waals surface area contributed by atoms with Crippen molar-refractivity contribution in [1.82, 2.24) is 10.2 Å². The molecule has 5 heteroatoms. The third-order valence-electron chi connectivity index (χ3n) is 2.10. The van der Waals surface area contributed by atoms with Crippen molar-refractivity contribution >= 4 is 11.8 Å². The van der Waals surface area contributed by atoms with Crippen LogP contribution in [0.1, 0.15) is 31.9 Å². The van der Waals surface area contributed by atoms with E-state index in [9.17, 15) is 4.79 Å². The Kier molecular flexibility index (Phi) is 5.25. The monoisotopic (exact) mass is 223 g/mol. The number of rotatable bonds is 7. The van der Waals surface area contributed by atoms with Gasteiger partial charge in [0.25, 0.3) is 0 Å². The molecule has 1 aromatic rings. The molecule has 0 aliphatic carbocycles. The van der Waals surface area contributed by atoms with Crippen molar-refractivity contribution in [2.75, 3.05) is 11.9 Å². The number of hydrogen-bond donors (Lipinski definition) is 2. The van der Waals surface area contributed by atoms with Crippen LogP contribution in [-0.4, -0.2) is 27.8 Å². The Hall–Kier alpha value is -1.65. The van der Waals surface area contributed by atoms with Crippen LogP contribution in [0.15, 0.2) is 12.1 Å². The minimum Gasteiger partial charge on any atom is -0.481 e. The summed E-state index contributed by atoms with van der Waals surface area (Å²) in [7, 11) is 0. The summed E-state index contributed by atoms with van der Waals surface area (Å²) in [5, 5.41) is 19.5. The fourth-order valence-corrected chi connectivity index (χ4v) is 1.30. The number of aryl methyl sites for hydroxylation is 1. The first-order valence-corrected chi connectivity index (χ1v) is 5.50. The fourth-order valence-electron chi connectivity index (χ4n) is 1.30. The van der Waals surface area contributed by atoms with E-state index < -0.39 is 5.97 Å². The standard InChI is InChI=1S/C11H17N3O2/c1-2-4-9-6-7-10(14-13-9)12-8-3-5-11(15)16/h6-7H,2-5,8H2,1H3,(H,12,14)(H,15,16). The van der Waals surface area contributed by atoms with Crippen LogP contribution in [0.2, 0.25) is 0 Å². The molecule has 0 fully saturated rings. The lowest BCUT2D eigenvalue weighted by atomic mass is 10.2. The topological polar surface area (TPSA) is 75.1 Å². The highest BCUT2D eigenvalue weighted by Crippen LogP contribution is 2.04. The summed E-state index contributed by atoms with van der Waals surface area (Å²) in [6.07, 6.45) is 2.76. The van der Waals surface area contributed by atoms with Gasteiger partial charge in [0.2, 0.25) is 0 Å². The molecule has 0 spiro atoms. The molecule has 1 rings (SSSR count). The van der Waals surface area contributed by atoms with Gasteiger partial charge in [0.1, 0.15) is 5.82 Å². The maximum atomic E-state index is 10.3. The zero-order valence-corrected chi connectivity index (χ0v) is 9.44. The van der Waals surface area contributed by atoms with Crippen LogP contribution in [0.4, 0.5) is 5.82 Å². The Balaban J connectivity index is 2.29. The minimum absolute atomic E-state index is 0.175. The summed E-state index contributed by atoms with van der Waals surface area (Å²) in [5.41, 5.74) is 0.985. The van der Waals surface area contributed by atoms with Crippen LogP contribution in [0.5, 0.6) is 0 Å². The molecule has 0 saturated carbocycles. The minimum atomic E-state index is -0.772. The van der Waals surface area contributed by atoms with Crippen LogP contribution < -0.4 is 5.32 Å². The molecule has 5 nitrogen and oxygen atoms in total. The predicted octanol–water partition coefficient (Wildman–Crippen LogP) is 1.71. The van der Waals surface area contributed by atoms with E-state index >= 15 is 0 Å². The molecule has 1 heterocycles. The van der Waals surface area contributed by atoms with E-state index in [-0.39, 0.29) is 6.42 Å². The lowest BCUT2D eigenvalue weighted by Gasteiger charge is -2.04. The highest BCUT2D eigenvalue weighted by atomic mass is 16.4. The van der Waals surface area contributed by atoms with Crippen molar-refractivity contribution in [3.8, 4) is 0 Å². The van der Waals surface area contributed by atoms with Gasteiger partial charge in [0.05, 0.1) is 5.69 Å². The van der Waals surface area contributed by atoms with Crippen molar-refractivity contribution in [3.05, 3.63) is 17.8 Å². The Labute approximate surface area is 94.9 Å². The van der Waals surface area contributed by atoms with Crippen molar-refractivity contribution in [3.63, 3.8) is 0 Å². The second-order valence-electron chi connectivity index (χ2n) is 3.58. The van der Waals surface area contributed by atoms with E-state index in [1.165, 1.54) is 0 Å². The second-order valence-corrected chi connectivity index (χ2v) is 3.58. The Morgan fingerprint density at radius 3 is 2.81 bits per heavy atom. The summed E-state index contributed by atoms with van der Waals surface area (Å²) in [4.78, 5) is 10.3. The summed E-state index contributed by atoms with van der Waals surface area (Å²) in [5.74, 6) is -0.0728. The molecule has 0 aliphatic heterocycles. The van der Waals surface area contributed by atoms with Gasteiger partial charge in [-0.15, -0.1) is 5.10 Å². The molecular formula is C11H17N3O2. The van der Waals surface area contributed by atoms with Crippen LogP contribution in [0.25, 0.3) is 0 Å². The number of nitrogens with zero attached hydrogens (tertiary/aromatic N) is 2. The summed E-state index contributed by atoms with van der Waals surface area (Å²) < 4.78 is 0. The van der Waals surface area contributed by atoms with Gasteiger partial charge in [0.15, 0.2) is 0 Å². The predicted molar refractivity (Wildman–Crippen MR) is 61.4 cm³/mol. The van der Waals surface area contributed by atoms with Gasteiger partial charge >= 0.3 is 5.97 Å². The molecule has 0 saturated heterocycles. The maximum Gasteiger partial charge on any atom is 0.303 e. The van der Waals surface area contributed by atoms with E-state index in [2.05, 4.69) is 22.4 Å². The quantitative estimate of drug-likeness (QED) is 0.688. The summed E-state index contributed by atoms with van der Waals surface area (Å²) >= 11 is 0. The Morgan fingerprint density at radius 1 is 1.44 bits per heavy atom. The Bertz CT molecular complexity index is 325. The smallest absolute Gasteiger partial charge is 0.303 e. The van der Waals surface area contributed by atoms with Gasteiger partial charge in [-0.2, -0.15) is 5.10 Å². The van der Waals surface area contributed by atoms with Crippen LogP contribution in [-0.2, 0) is 11.2 Å². The van der Waals surface area contributed by atoms with Gasteiger partial charge in [-0.25, -0.2) is 0 Å². The average molecular weight is 223 g/mol. The first-order valence-electron chi connectivity index (χ1n) is 5.50. The van der Waals surface area contributed by atoms with E-state index in [4.69, 9.17) is 5.11 Å².